The summed E-state index contributed by atoms with van der Waals surface area (Å²) in [6.45, 7) is 19.8. The number of allylic oxidation sites excluding steroid dienone is 10. The van der Waals surface area contributed by atoms with E-state index in [2.05, 4.69) is 45.4 Å². The Kier molecular flexibility index (Phi) is 8.30. The fraction of sp³-hybridized carbons (Fsp3) is 0.222. The van der Waals surface area contributed by atoms with E-state index < -0.39 is 0 Å². The maximum Gasteiger partial charge on any atom is -0.0187 e. The van der Waals surface area contributed by atoms with Gasteiger partial charge >= 0.3 is 0 Å². The first-order valence-electron chi connectivity index (χ1n) is 6.27. The number of hydrogen-bond donors (Lipinski definition) is 0. The van der Waals surface area contributed by atoms with Gasteiger partial charge in [0.1, 0.15) is 0 Å². The molecule has 0 aromatic carbocycles. The highest BCUT2D eigenvalue weighted by Crippen LogP contribution is 2.18. The Morgan fingerprint density at radius 3 is 2.17 bits per heavy atom. The summed E-state index contributed by atoms with van der Waals surface area (Å²) in [4.78, 5) is 0. The van der Waals surface area contributed by atoms with Crippen LogP contribution in [0.25, 0.3) is 0 Å². The summed E-state index contributed by atoms with van der Waals surface area (Å²) in [6, 6.07) is 0. The monoisotopic (exact) mass is 240 g/mol. The predicted molar refractivity (Wildman–Crippen MR) is 84.6 cm³/mol. The third-order valence-corrected chi connectivity index (χ3v) is 2.48. The van der Waals surface area contributed by atoms with E-state index in [0.717, 1.165) is 35.1 Å². The van der Waals surface area contributed by atoms with Crippen molar-refractivity contribution in [1.29, 1.82) is 0 Å². The lowest BCUT2D eigenvalue weighted by atomic mass is 10.0. The first-order valence-corrected chi connectivity index (χ1v) is 6.27. The molecule has 0 amide bonds. The lowest BCUT2D eigenvalue weighted by Crippen LogP contribution is -1.86. The molecule has 96 valence electrons. The Bertz CT molecular complexity index is 411. The molecule has 0 aromatic heterocycles. The van der Waals surface area contributed by atoms with E-state index in [1.807, 2.05) is 25.2 Å². The number of unbranched alkanes of at least 4 members (excludes halogenated alkanes) is 1. The molecular weight excluding hydrogens is 216 g/mol. The molecule has 0 fully saturated rings. The summed E-state index contributed by atoms with van der Waals surface area (Å²) >= 11 is 0. The summed E-state index contributed by atoms with van der Waals surface area (Å²) in [5.41, 5.74) is 3.74. The molecule has 18 heavy (non-hydrogen) atoms. The molecule has 0 heteroatoms. The van der Waals surface area contributed by atoms with Gasteiger partial charge in [-0.15, -0.1) is 0 Å². The smallest absolute Gasteiger partial charge is 0.0187 e. The lowest BCUT2D eigenvalue weighted by Gasteiger charge is -2.05. The van der Waals surface area contributed by atoms with Crippen LogP contribution in [-0.2, 0) is 0 Å². The minimum atomic E-state index is 0.838. The van der Waals surface area contributed by atoms with Crippen molar-refractivity contribution in [2.24, 2.45) is 0 Å². The molecular formula is C18H24. The summed E-state index contributed by atoms with van der Waals surface area (Å²) < 4.78 is 0. The molecule has 0 saturated heterocycles. The first-order chi connectivity index (χ1) is 8.56. The van der Waals surface area contributed by atoms with Crippen molar-refractivity contribution >= 4 is 0 Å². The van der Waals surface area contributed by atoms with Gasteiger partial charge in [-0.1, -0.05) is 70.0 Å². The molecule has 0 aliphatic carbocycles. The molecule has 0 aliphatic heterocycles. The molecule has 0 nitrogen and oxygen atoms in total. The minimum absolute atomic E-state index is 0.838. The van der Waals surface area contributed by atoms with Crippen LogP contribution in [-0.4, -0.2) is 0 Å². The van der Waals surface area contributed by atoms with Crippen LogP contribution in [0.2, 0.25) is 0 Å². The minimum Gasteiger partial charge on any atom is -0.0985 e. The zero-order valence-corrected chi connectivity index (χ0v) is 11.7. The second kappa shape index (κ2) is 9.23. The van der Waals surface area contributed by atoms with E-state index in [-0.39, 0.29) is 0 Å². The van der Waals surface area contributed by atoms with Crippen molar-refractivity contribution < 1.29 is 0 Å². The van der Waals surface area contributed by atoms with Gasteiger partial charge in [-0.3, -0.25) is 0 Å². The SMILES string of the molecule is C=CC(=C)C(=C)/C=C(\C=C/CCC)C(=C)/C=C\C. The average molecular weight is 240 g/mol. The van der Waals surface area contributed by atoms with E-state index in [1.165, 1.54) is 0 Å². The van der Waals surface area contributed by atoms with Gasteiger partial charge < -0.3 is 0 Å². The van der Waals surface area contributed by atoms with Crippen LogP contribution in [0.3, 0.4) is 0 Å². The van der Waals surface area contributed by atoms with Crippen molar-refractivity contribution in [3.05, 3.63) is 85.1 Å². The van der Waals surface area contributed by atoms with E-state index >= 15 is 0 Å². The number of hydrogen-bond acceptors (Lipinski definition) is 0. The summed E-state index contributed by atoms with van der Waals surface area (Å²) in [5, 5.41) is 0. The van der Waals surface area contributed by atoms with E-state index in [1.54, 1.807) is 6.08 Å². The second-order valence-electron chi connectivity index (χ2n) is 4.07. The molecule has 0 heterocycles. The normalized spacial score (nSPS) is 12.0. The third kappa shape index (κ3) is 6.05. The Morgan fingerprint density at radius 2 is 1.67 bits per heavy atom. The van der Waals surface area contributed by atoms with Crippen molar-refractivity contribution in [3.63, 3.8) is 0 Å². The van der Waals surface area contributed by atoms with E-state index in [4.69, 9.17) is 0 Å². The zero-order chi connectivity index (χ0) is 14.0. The van der Waals surface area contributed by atoms with Gasteiger partial charge in [0.15, 0.2) is 0 Å². The number of rotatable bonds is 8. The van der Waals surface area contributed by atoms with Gasteiger partial charge in [0.2, 0.25) is 0 Å². The van der Waals surface area contributed by atoms with Crippen molar-refractivity contribution in [2.75, 3.05) is 0 Å². The standard InChI is InChI=1S/C18H24/c1-7-10-11-13-18(16(5)12-8-2)14-17(6)15(4)9-3/h8-9,11-14H,3-7,10H2,1-2H3/b12-8-,13-11-,18-14+. The van der Waals surface area contributed by atoms with Crippen molar-refractivity contribution in [3.8, 4) is 0 Å². The van der Waals surface area contributed by atoms with Gasteiger partial charge in [-0.25, -0.2) is 0 Å². The summed E-state index contributed by atoms with van der Waals surface area (Å²) in [7, 11) is 0. The molecule has 0 aliphatic rings. The van der Waals surface area contributed by atoms with E-state index in [0.29, 0.717) is 0 Å². The van der Waals surface area contributed by atoms with Crippen LogP contribution < -0.4 is 0 Å². The molecule has 0 unspecified atom stereocenters. The van der Waals surface area contributed by atoms with Gasteiger partial charge in [0, 0.05) is 0 Å². The van der Waals surface area contributed by atoms with Crippen LogP contribution >= 0.6 is 0 Å². The van der Waals surface area contributed by atoms with Crippen molar-refractivity contribution in [2.45, 2.75) is 26.7 Å². The second-order valence-corrected chi connectivity index (χ2v) is 4.07. The molecule has 0 radical (unpaired) electrons. The zero-order valence-electron chi connectivity index (χ0n) is 11.7. The largest absolute Gasteiger partial charge is 0.0985 e. The highest BCUT2D eigenvalue weighted by atomic mass is 14.0. The Balaban J connectivity index is 5.13. The molecule has 0 saturated carbocycles. The summed E-state index contributed by atoms with van der Waals surface area (Å²) in [5.74, 6) is 0. The Labute approximate surface area is 112 Å². The van der Waals surface area contributed by atoms with Crippen LogP contribution in [0.15, 0.2) is 85.1 Å². The highest BCUT2D eigenvalue weighted by Gasteiger charge is 1.98. The fourth-order valence-electron chi connectivity index (χ4n) is 1.33. The first kappa shape index (κ1) is 16.2. The van der Waals surface area contributed by atoms with Crippen LogP contribution in [0, 0.1) is 0 Å². The maximum atomic E-state index is 4.06. The van der Waals surface area contributed by atoms with Crippen molar-refractivity contribution in [1.82, 2.24) is 0 Å². The Hall–Kier alpha value is -1.82. The van der Waals surface area contributed by atoms with Gasteiger partial charge in [-0.2, -0.15) is 0 Å². The maximum absolute atomic E-state index is 4.06. The van der Waals surface area contributed by atoms with Gasteiger partial charge in [0.05, 0.1) is 0 Å². The molecule has 0 spiro atoms. The topological polar surface area (TPSA) is 0 Å². The average Bonchev–Trinajstić information content (AvgIpc) is 2.36. The quantitative estimate of drug-likeness (QED) is 0.477. The molecule has 0 bridgehead atoms. The highest BCUT2D eigenvalue weighted by molar-refractivity contribution is 5.52. The predicted octanol–water partition coefficient (Wildman–Crippen LogP) is 5.70. The van der Waals surface area contributed by atoms with Gasteiger partial charge in [-0.05, 0) is 41.7 Å². The third-order valence-electron chi connectivity index (χ3n) is 2.48. The molecule has 0 rings (SSSR count). The fourth-order valence-corrected chi connectivity index (χ4v) is 1.33. The van der Waals surface area contributed by atoms with E-state index in [9.17, 15) is 0 Å². The van der Waals surface area contributed by atoms with Crippen LogP contribution in [0.4, 0.5) is 0 Å². The molecule has 0 atom stereocenters. The van der Waals surface area contributed by atoms with Crippen LogP contribution in [0.5, 0.6) is 0 Å². The molecule has 0 aromatic rings. The van der Waals surface area contributed by atoms with Crippen LogP contribution in [0.1, 0.15) is 26.7 Å². The lowest BCUT2D eigenvalue weighted by molar-refractivity contribution is 0.958. The summed E-state index contributed by atoms with van der Waals surface area (Å²) in [6.07, 6.45) is 14.1. The van der Waals surface area contributed by atoms with Gasteiger partial charge in [0.25, 0.3) is 0 Å². The molecule has 0 N–H and O–H groups in total. The Morgan fingerprint density at radius 1 is 1.00 bits per heavy atom.